The molecule has 3 nitrogen and oxygen atoms in total. The van der Waals surface area contributed by atoms with Crippen molar-refractivity contribution in [2.75, 3.05) is 12.9 Å². The predicted octanol–water partition coefficient (Wildman–Crippen LogP) is 2.53. The van der Waals surface area contributed by atoms with Gasteiger partial charge in [0.15, 0.2) is 0 Å². The lowest BCUT2D eigenvalue weighted by Crippen LogP contribution is -2.05. The molecule has 1 aromatic carbocycles. The van der Waals surface area contributed by atoms with Crippen molar-refractivity contribution >= 4 is 17.7 Å². The van der Waals surface area contributed by atoms with Crippen LogP contribution in [-0.2, 0) is 9.53 Å². The number of thioether (sulfide) groups is 1. The van der Waals surface area contributed by atoms with Crippen LogP contribution in [0, 0.1) is 11.3 Å². The van der Waals surface area contributed by atoms with Crippen molar-refractivity contribution in [3.05, 3.63) is 35.4 Å². The van der Waals surface area contributed by atoms with Gasteiger partial charge in [0, 0.05) is 5.25 Å². The Morgan fingerprint density at radius 3 is 2.88 bits per heavy atom. The molecule has 84 valence electrons. The molecule has 1 rings (SSSR count). The summed E-state index contributed by atoms with van der Waals surface area (Å²) < 4.78 is 4.57. The van der Waals surface area contributed by atoms with E-state index in [0.29, 0.717) is 11.3 Å². The smallest absolute Gasteiger partial charge is 0.315 e. The van der Waals surface area contributed by atoms with Crippen LogP contribution in [0.2, 0.25) is 0 Å². The van der Waals surface area contributed by atoms with Crippen LogP contribution in [0.4, 0.5) is 0 Å². The Morgan fingerprint density at radius 2 is 2.25 bits per heavy atom. The highest BCUT2D eigenvalue weighted by Crippen LogP contribution is 2.30. The summed E-state index contributed by atoms with van der Waals surface area (Å²) in [6.45, 7) is 1.98. The Labute approximate surface area is 99.4 Å². The molecule has 1 aromatic rings. The lowest BCUT2D eigenvalue weighted by molar-refractivity contribution is -0.137. The van der Waals surface area contributed by atoms with Gasteiger partial charge in [-0.2, -0.15) is 5.26 Å². The zero-order chi connectivity index (χ0) is 12.0. The summed E-state index contributed by atoms with van der Waals surface area (Å²) >= 11 is 1.47. The number of carbonyl (C=O) groups is 1. The van der Waals surface area contributed by atoms with E-state index in [2.05, 4.69) is 10.8 Å². The van der Waals surface area contributed by atoms with E-state index in [0.717, 1.165) is 5.56 Å². The number of nitriles is 1. The van der Waals surface area contributed by atoms with Gasteiger partial charge in [-0.15, -0.1) is 11.8 Å². The number of nitrogens with zero attached hydrogens (tertiary/aromatic N) is 1. The molecule has 0 aliphatic heterocycles. The number of esters is 1. The quantitative estimate of drug-likeness (QED) is 0.752. The minimum absolute atomic E-state index is 0.106. The molecule has 0 saturated heterocycles. The third-order valence-corrected chi connectivity index (χ3v) is 3.35. The normalized spacial score (nSPS) is 11.6. The number of rotatable bonds is 4. The maximum Gasteiger partial charge on any atom is 0.315 e. The molecule has 0 heterocycles. The lowest BCUT2D eigenvalue weighted by atomic mass is 10.1. The van der Waals surface area contributed by atoms with Crippen molar-refractivity contribution in [1.82, 2.24) is 0 Å². The standard InChI is InChI=1S/C12H13NO2S/c1-9(16-8-12(14)15-2)11-6-4-3-5-10(11)7-13/h3-6,9H,8H2,1-2H3. The monoisotopic (exact) mass is 235 g/mol. The molecule has 0 spiro atoms. The molecule has 4 heteroatoms. The summed E-state index contributed by atoms with van der Waals surface area (Å²) in [4.78, 5) is 11.0. The second-order valence-electron chi connectivity index (χ2n) is 3.23. The molecule has 0 fully saturated rings. The fourth-order valence-electron chi connectivity index (χ4n) is 1.30. The van der Waals surface area contributed by atoms with Crippen LogP contribution >= 0.6 is 11.8 Å². The summed E-state index contributed by atoms with van der Waals surface area (Å²) in [7, 11) is 1.37. The third-order valence-electron chi connectivity index (χ3n) is 2.20. The molecule has 1 unspecified atom stereocenters. The molecule has 0 aromatic heterocycles. The first-order valence-electron chi connectivity index (χ1n) is 4.86. The van der Waals surface area contributed by atoms with E-state index in [4.69, 9.17) is 5.26 Å². The summed E-state index contributed by atoms with van der Waals surface area (Å²) in [5, 5.41) is 9.05. The molecule has 0 N–H and O–H groups in total. The van der Waals surface area contributed by atoms with Crippen LogP contribution in [0.25, 0.3) is 0 Å². The van der Waals surface area contributed by atoms with Gasteiger partial charge in [-0.05, 0) is 18.6 Å². The van der Waals surface area contributed by atoms with Gasteiger partial charge in [-0.3, -0.25) is 4.79 Å². The Hall–Kier alpha value is -1.47. The van der Waals surface area contributed by atoms with E-state index < -0.39 is 0 Å². The van der Waals surface area contributed by atoms with Crippen molar-refractivity contribution < 1.29 is 9.53 Å². The number of benzene rings is 1. The van der Waals surface area contributed by atoms with E-state index in [9.17, 15) is 4.79 Å². The molecule has 0 bridgehead atoms. The molecule has 0 amide bonds. The molecule has 0 aliphatic rings. The first-order valence-corrected chi connectivity index (χ1v) is 5.91. The van der Waals surface area contributed by atoms with Crippen LogP contribution in [0.1, 0.15) is 23.3 Å². The van der Waals surface area contributed by atoms with Crippen LogP contribution in [0.5, 0.6) is 0 Å². The van der Waals surface area contributed by atoms with Crippen molar-refractivity contribution in [3.8, 4) is 6.07 Å². The van der Waals surface area contributed by atoms with Crippen LogP contribution < -0.4 is 0 Å². The first-order chi connectivity index (χ1) is 7.69. The molecule has 1 atom stereocenters. The van der Waals surface area contributed by atoms with Gasteiger partial charge in [0.2, 0.25) is 0 Å². The summed E-state index contributed by atoms with van der Waals surface area (Å²) in [6.07, 6.45) is 0. The minimum Gasteiger partial charge on any atom is -0.468 e. The van der Waals surface area contributed by atoms with Gasteiger partial charge in [-0.1, -0.05) is 18.2 Å². The van der Waals surface area contributed by atoms with Crippen LogP contribution in [-0.4, -0.2) is 18.8 Å². The lowest BCUT2D eigenvalue weighted by Gasteiger charge is -2.12. The number of methoxy groups -OCH3 is 1. The topological polar surface area (TPSA) is 50.1 Å². The molecule has 0 aliphatic carbocycles. The summed E-state index contributed by atoms with van der Waals surface area (Å²) in [5.41, 5.74) is 1.62. The molecule has 16 heavy (non-hydrogen) atoms. The number of hydrogen-bond acceptors (Lipinski definition) is 4. The van der Waals surface area contributed by atoms with Crippen molar-refractivity contribution in [3.63, 3.8) is 0 Å². The fraction of sp³-hybridized carbons (Fsp3) is 0.333. The summed E-state index contributed by atoms with van der Waals surface area (Å²) in [5.74, 6) is 0.0588. The van der Waals surface area contributed by atoms with Crippen molar-refractivity contribution in [2.24, 2.45) is 0 Å². The predicted molar refractivity (Wildman–Crippen MR) is 64.0 cm³/mol. The van der Waals surface area contributed by atoms with Crippen molar-refractivity contribution in [1.29, 1.82) is 5.26 Å². The Bertz CT molecular complexity index is 412. The Morgan fingerprint density at radius 1 is 1.56 bits per heavy atom. The third kappa shape index (κ3) is 3.28. The van der Waals surface area contributed by atoms with Gasteiger partial charge >= 0.3 is 5.97 Å². The van der Waals surface area contributed by atoms with E-state index in [1.54, 1.807) is 6.07 Å². The highest BCUT2D eigenvalue weighted by molar-refractivity contribution is 8.00. The summed E-state index contributed by atoms with van der Waals surface area (Å²) in [6, 6.07) is 9.57. The Kier molecular flexibility index (Phi) is 4.87. The molecular formula is C12H13NO2S. The van der Waals surface area contributed by atoms with Gasteiger partial charge < -0.3 is 4.74 Å². The van der Waals surface area contributed by atoms with Gasteiger partial charge in [0.05, 0.1) is 24.5 Å². The van der Waals surface area contributed by atoms with Crippen LogP contribution in [0.15, 0.2) is 24.3 Å². The van der Waals surface area contributed by atoms with Crippen molar-refractivity contribution in [2.45, 2.75) is 12.2 Å². The fourth-order valence-corrected chi connectivity index (χ4v) is 2.18. The highest BCUT2D eigenvalue weighted by Gasteiger charge is 2.12. The first kappa shape index (κ1) is 12.6. The Balaban J connectivity index is 2.70. The SMILES string of the molecule is COC(=O)CSC(C)c1ccccc1C#N. The second-order valence-corrected chi connectivity index (χ2v) is 4.56. The maximum absolute atomic E-state index is 11.0. The van der Waals surface area contributed by atoms with E-state index in [1.807, 2.05) is 25.1 Å². The maximum atomic E-state index is 11.0. The zero-order valence-corrected chi connectivity index (χ0v) is 10.1. The molecule has 0 saturated carbocycles. The number of hydrogen-bond donors (Lipinski definition) is 0. The number of carbonyl (C=O) groups excluding carboxylic acids is 1. The largest absolute Gasteiger partial charge is 0.468 e. The van der Waals surface area contributed by atoms with E-state index in [1.165, 1.54) is 18.9 Å². The van der Waals surface area contributed by atoms with E-state index in [-0.39, 0.29) is 11.2 Å². The minimum atomic E-state index is -0.244. The average Bonchev–Trinajstić information content (AvgIpc) is 2.35. The average molecular weight is 235 g/mol. The van der Waals surface area contributed by atoms with Crippen LogP contribution in [0.3, 0.4) is 0 Å². The molecular weight excluding hydrogens is 222 g/mol. The zero-order valence-electron chi connectivity index (χ0n) is 9.27. The second kappa shape index (κ2) is 6.19. The van der Waals surface area contributed by atoms with Gasteiger partial charge in [0.25, 0.3) is 0 Å². The van der Waals surface area contributed by atoms with Gasteiger partial charge in [0.1, 0.15) is 0 Å². The van der Waals surface area contributed by atoms with E-state index >= 15 is 0 Å². The number of ether oxygens (including phenoxy) is 1. The molecule has 0 radical (unpaired) electrons. The van der Waals surface area contributed by atoms with Gasteiger partial charge in [-0.25, -0.2) is 0 Å². The highest BCUT2D eigenvalue weighted by atomic mass is 32.2.